The van der Waals surface area contributed by atoms with Gasteiger partial charge in [0.1, 0.15) is 5.56 Å². The van der Waals surface area contributed by atoms with E-state index in [9.17, 15) is 27.9 Å². The minimum Gasteiger partial charge on any atom is -0.493 e. The lowest BCUT2D eigenvalue weighted by atomic mass is 9.87. The molecule has 2 heterocycles. The first-order valence-corrected chi connectivity index (χ1v) is 10.3. The summed E-state index contributed by atoms with van der Waals surface area (Å²) >= 11 is 0. The van der Waals surface area contributed by atoms with E-state index < -0.39 is 29.5 Å². The predicted octanol–water partition coefficient (Wildman–Crippen LogP) is 4.69. The Labute approximate surface area is 197 Å². The number of rotatable bonds is 6. The number of fused-ring (bicyclic) bond motifs is 1. The number of carbonyl (C=O) groups excluding carboxylic acids is 1. The molecule has 11 heteroatoms. The third-order valence-corrected chi connectivity index (χ3v) is 5.80. The molecule has 0 fully saturated rings. The summed E-state index contributed by atoms with van der Waals surface area (Å²) in [6, 6.07) is 7.77. The van der Waals surface area contributed by atoms with Gasteiger partial charge in [0.05, 0.1) is 38.3 Å². The van der Waals surface area contributed by atoms with Crippen molar-refractivity contribution in [2.75, 3.05) is 26.6 Å². The van der Waals surface area contributed by atoms with Crippen LogP contribution in [0, 0.1) is 0 Å². The van der Waals surface area contributed by atoms with Gasteiger partial charge in [-0.3, -0.25) is 4.79 Å². The highest BCUT2D eigenvalue weighted by Crippen LogP contribution is 2.46. The van der Waals surface area contributed by atoms with Crippen LogP contribution in [-0.4, -0.2) is 42.9 Å². The molecule has 184 valence electrons. The number of aromatic carboxylic acids is 1. The second kappa shape index (κ2) is 8.90. The molecule has 1 aliphatic heterocycles. The number of hydrogen-bond acceptors (Lipinski definition) is 5. The van der Waals surface area contributed by atoms with Gasteiger partial charge in [-0.1, -0.05) is 6.07 Å². The van der Waals surface area contributed by atoms with Crippen molar-refractivity contribution < 1.29 is 42.1 Å². The fourth-order valence-electron chi connectivity index (χ4n) is 4.25. The Morgan fingerprint density at radius 3 is 2.29 bits per heavy atom. The Balaban J connectivity index is 1.99. The second-order valence-electron chi connectivity index (χ2n) is 7.79. The van der Waals surface area contributed by atoms with Crippen LogP contribution >= 0.6 is 0 Å². The zero-order valence-corrected chi connectivity index (χ0v) is 18.9. The first-order valence-electron chi connectivity index (χ1n) is 10.3. The summed E-state index contributed by atoms with van der Waals surface area (Å²) in [5.41, 5.74) is -0.182. The summed E-state index contributed by atoms with van der Waals surface area (Å²) in [5, 5.41) is 12.3. The lowest BCUT2D eigenvalue weighted by molar-refractivity contribution is -0.137. The van der Waals surface area contributed by atoms with Gasteiger partial charge in [-0.05, 0) is 35.9 Å². The molecule has 1 aromatic heterocycles. The van der Waals surface area contributed by atoms with Crippen LogP contribution < -0.4 is 19.5 Å². The molecule has 0 saturated heterocycles. The first-order chi connectivity index (χ1) is 16.6. The van der Waals surface area contributed by atoms with Crippen LogP contribution in [-0.2, 0) is 11.0 Å². The van der Waals surface area contributed by atoms with Gasteiger partial charge >= 0.3 is 12.1 Å². The smallest absolute Gasteiger partial charge is 0.416 e. The van der Waals surface area contributed by atoms with E-state index in [1.54, 1.807) is 12.1 Å². The highest BCUT2D eigenvalue weighted by Gasteiger charge is 2.36. The van der Waals surface area contributed by atoms with Crippen LogP contribution in [0.3, 0.4) is 0 Å². The molecule has 0 aliphatic carbocycles. The summed E-state index contributed by atoms with van der Waals surface area (Å²) in [6.07, 6.45) is -3.48. The largest absolute Gasteiger partial charge is 0.493 e. The molecule has 0 bridgehead atoms. The Bertz CT molecular complexity index is 1290. The summed E-state index contributed by atoms with van der Waals surface area (Å²) in [5.74, 6) is -1.57. The number of hydrogen-bond donors (Lipinski definition) is 2. The summed E-state index contributed by atoms with van der Waals surface area (Å²) < 4.78 is 57.7. The van der Waals surface area contributed by atoms with Crippen molar-refractivity contribution in [3.8, 4) is 22.9 Å². The minimum absolute atomic E-state index is 0.0184. The van der Waals surface area contributed by atoms with Gasteiger partial charge in [0.25, 0.3) is 0 Å². The molecular weight excluding hydrogens is 469 g/mol. The lowest BCUT2D eigenvalue weighted by Gasteiger charge is -2.27. The van der Waals surface area contributed by atoms with Crippen molar-refractivity contribution in [2.45, 2.75) is 18.5 Å². The van der Waals surface area contributed by atoms with Crippen molar-refractivity contribution >= 4 is 17.6 Å². The number of methoxy groups -OCH3 is 3. The van der Waals surface area contributed by atoms with Gasteiger partial charge in [-0.25, -0.2) is 4.79 Å². The minimum atomic E-state index is -4.59. The number of benzene rings is 2. The van der Waals surface area contributed by atoms with Crippen LogP contribution in [0.4, 0.5) is 18.9 Å². The molecule has 2 aromatic carbocycles. The normalized spacial score (nSPS) is 15.3. The van der Waals surface area contributed by atoms with Crippen LogP contribution in [0.25, 0.3) is 5.69 Å². The Morgan fingerprint density at radius 2 is 1.74 bits per heavy atom. The maximum absolute atomic E-state index is 13.4. The molecule has 1 atom stereocenters. The van der Waals surface area contributed by atoms with E-state index in [4.69, 9.17) is 14.2 Å². The van der Waals surface area contributed by atoms with Crippen molar-refractivity contribution in [3.63, 3.8) is 0 Å². The third-order valence-electron chi connectivity index (χ3n) is 5.80. The van der Waals surface area contributed by atoms with Gasteiger partial charge in [0.2, 0.25) is 11.7 Å². The molecule has 35 heavy (non-hydrogen) atoms. The zero-order chi connectivity index (χ0) is 25.5. The van der Waals surface area contributed by atoms with Gasteiger partial charge in [-0.2, -0.15) is 13.2 Å². The van der Waals surface area contributed by atoms with Crippen LogP contribution in [0.15, 0.2) is 42.6 Å². The first kappa shape index (κ1) is 24.0. The molecular formula is C24H21F3N2O6. The van der Waals surface area contributed by atoms with E-state index in [0.717, 1.165) is 12.1 Å². The number of anilines is 1. The van der Waals surface area contributed by atoms with Crippen molar-refractivity contribution in [1.29, 1.82) is 0 Å². The fourth-order valence-corrected chi connectivity index (χ4v) is 4.25. The van der Waals surface area contributed by atoms with Gasteiger partial charge in [-0.15, -0.1) is 0 Å². The van der Waals surface area contributed by atoms with Gasteiger partial charge in [0.15, 0.2) is 11.5 Å². The number of amides is 1. The molecule has 1 amide bonds. The molecule has 8 nitrogen and oxygen atoms in total. The van der Waals surface area contributed by atoms with Crippen molar-refractivity contribution in [3.05, 3.63) is 65.0 Å². The average Bonchev–Trinajstić information content (AvgIpc) is 3.21. The van der Waals surface area contributed by atoms with E-state index in [0.29, 0.717) is 28.5 Å². The van der Waals surface area contributed by atoms with Crippen LogP contribution in [0.2, 0.25) is 0 Å². The average molecular weight is 490 g/mol. The molecule has 2 N–H and O–H groups in total. The molecule has 3 aromatic rings. The number of ether oxygens (including phenoxy) is 3. The Kier molecular flexibility index (Phi) is 6.10. The predicted molar refractivity (Wildman–Crippen MR) is 119 cm³/mol. The third kappa shape index (κ3) is 4.25. The standard InChI is InChI=1S/C24H21F3N2O6/c1-33-17-7-12(8-18(34-2)22(17)35-3)15-10-19(30)28-20-16(23(31)32)11-29(21(15)20)14-6-4-5-13(9-14)24(25,26)27/h4-9,11,15H,10H2,1-3H3,(H,28,30)(H,31,32)/t15-/m0/s1. The van der Waals surface area contributed by atoms with E-state index in [1.165, 1.54) is 44.2 Å². The summed E-state index contributed by atoms with van der Waals surface area (Å²) in [7, 11) is 4.28. The monoisotopic (exact) mass is 490 g/mol. The SMILES string of the molecule is COc1cc([C@@H]2CC(=O)Nc3c(C(=O)O)cn(-c4cccc(C(F)(F)F)c4)c32)cc(OC)c1OC. The number of aromatic nitrogens is 1. The fraction of sp³-hybridized carbons (Fsp3) is 0.250. The number of nitrogens with one attached hydrogen (secondary N) is 1. The molecule has 0 saturated carbocycles. The van der Waals surface area contributed by atoms with E-state index in [2.05, 4.69) is 5.32 Å². The van der Waals surface area contributed by atoms with E-state index in [-0.39, 0.29) is 23.4 Å². The molecule has 4 rings (SSSR count). The summed E-state index contributed by atoms with van der Waals surface area (Å²) in [4.78, 5) is 24.6. The van der Waals surface area contributed by atoms with Crippen LogP contribution in [0.1, 0.15) is 39.5 Å². The number of carboxylic acids is 1. The highest BCUT2D eigenvalue weighted by molar-refractivity contribution is 6.04. The van der Waals surface area contributed by atoms with E-state index >= 15 is 0 Å². The number of halogens is 3. The quantitative estimate of drug-likeness (QED) is 0.520. The van der Waals surface area contributed by atoms with Gasteiger partial charge in [0, 0.05) is 24.2 Å². The summed E-state index contributed by atoms with van der Waals surface area (Å²) in [6.45, 7) is 0. The maximum atomic E-state index is 13.4. The number of carbonyl (C=O) groups is 2. The maximum Gasteiger partial charge on any atom is 0.416 e. The number of carboxylic acid groups (broad SMARTS) is 1. The molecule has 0 spiro atoms. The molecule has 0 radical (unpaired) electrons. The number of nitrogens with zero attached hydrogens (tertiary/aromatic N) is 1. The lowest BCUT2D eigenvalue weighted by Crippen LogP contribution is -2.25. The molecule has 0 unspecified atom stereocenters. The Morgan fingerprint density at radius 1 is 1.09 bits per heavy atom. The van der Waals surface area contributed by atoms with Crippen molar-refractivity contribution in [2.24, 2.45) is 0 Å². The van der Waals surface area contributed by atoms with Crippen molar-refractivity contribution in [1.82, 2.24) is 4.57 Å². The highest BCUT2D eigenvalue weighted by atomic mass is 19.4. The van der Waals surface area contributed by atoms with E-state index in [1.807, 2.05) is 0 Å². The van der Waals surface area contributed by atoms with Crippen LogP contribution in [0.5, 0.6) is 17.2 Å². The topological polar surface area (TPSA) is 99.0 Å². The second-order valence-corrected chi connectivity index (χ2v) is 7.79. The molecule has 1 aliphatic rings. The Hall–Kier alpha value is -4.15. The van der Waals surface area contributed by atoms with Gasteiger partial charge < -0.3 is 29.2 Å². The number of alkyl halides is 3. The zero-order valence-electron chi connectivity index (χ0n) is 18.9.